The topological polar surface area (TPSA) is 17.8 Å². The molecule has 2 rings (SSSR count). The molecule has 0 radical (unpaired) electrons. The van der Waals surface area contributed by atoms with E-state index in [2.05, 4.69) is 32.4 Å². The van der Waals surface area contributed by atoms with Gasteiger partial charge in [0, 0.05) is 11.9 Å². The molecule has 2 aromatic rings. The quantitative estimate of drug-likeness (QED) is 0.774. The maximum absolute atomic E-state index is 13.4. The van der Waals surface area contributed by atoms with Crippen molar-refractivity contribution in [2.24, 2.45) is 5.41 Å². The van der Waals surface area contributed by atoms with Gasteiger partial charge in [-0.05, 0) is 36.1 Å². The van der Waals surface area contributed by atoms with Crippen LogP contribution >= 0.6 is 0 Å². The van der Waals surface area contributed by atoms with Crippen LogP contribution in [-0.2, 0) is 6.54 Å². The van der Waals surface area contributed by atoms with Crippen molar-refractivity contribution in [3.05, 3.63) is 36.3 Å². The zero-order valence-corrected chi connectivity index (χ0v) is 11.4. The van der Waals surface area contributed by atoms with Gasteiger partial charge in [-0.25, -0.2) is 4.39 Å². The Labute approximate surface area is 107 Å². The van der Waals surface area contributed by atoms with E-state index in [9.17, 15) is 4.39 Å². The van der Waals surface area contributed by atoms with Crippen molar-refractivity contribution in [3.8, 4) is 0 Å². The summed E-state index contributed by atoms with van der Waals surface area (Å²) in [6.45, 7) is 13.1. The van der Waals surface area contributed by atoms with Gasteiger partial charge in [0.2, 0.25) is 0 Å². The number of hydrogen-bond donors (Lipinski definition) is 0. The van der Waals surface area contributed by atoms with Gasteiger partial charge in [0.1, 0.15) is 5.82 Å². The molecule has 1 aromatic carbocycles. The van der Waals surface area contributed by atoms with Crippen LogP contribution in [0.1, 0.15) is 33.4 Å². The van der Waals surface area contributed by atoms with E-state index in [0.717, 1.165) is 28.7 Å². The van der Waals surface area contributed by atoms with E-state index in [1.165, 1.54) is 12.1 Å². The van der Waals surface area contributed by atoms with Crippen molar-refractivity contribution in [2.75, 3.05) is 0 Å². The molecule has 0 aliphatic carbocycles. The van der Waals surface area contributed by atoms with Crippen molar-refractivity contribution >= 4 is 16.5 Å². The van der Waals surface area contributed by atoms with Crippen molar-refractivity contribution in [1.82, 2.24) is 9.78 Å². The molecule has 0 unspecified atom stereocenters. The maximum Gasteiger partial charge on any atom is 0.124 e. The minimum atomic E-state index is -0.236. The Bertz CT molecular complexity index is 603. The fourth-order valence-corrected chi connectivity index (χ4v) is 2.04. The molecular weight excluding hydrogens is 227 g/mol. The molecule has 96 valence electrons. The molecular formula is C15H19FN2. The highest BCUT2D eigenvalue weighted by Gasteiger charge is 2.17. The van der Waals surface area contributed by atoms with E-state index in [1.807, 2.05) is 11.6 Å². The lowest BCUT2D eigenvalue weighted by atomic mass is 9.97. The second-order valence-corrected chi connectivity index (χ2v) is 6.01. The number of halogens is 1. The number of rotatable bonds is 2. The summed E-state index contributed by atoms with van der Waals surface area (Å²) < 4.78 is 15.3. The van der Waals surface area contributed by atoms with Crippen LogP contribution in [0.2, 0.25) is 0 Å². The van der Waals surface area contributed by atoms with Gasteiger partial charge in [-0.1, -0.05) is 27.4 Å². The summed E-state index contributed by atoms with van der Waals surface area (Å²) in [5.41, 5.74) is 2.73. The molecule has 1 aromatic heterocycles. The van der Waals surface area contributed by atoms with Gasteiger partial charge in [0.15, 0.2) is 0 Å². The van der Waals surface area contributed by atoms with Gasteiger partial charge in [-0.2, -0.15) is 5.10 Å². The molecule has 18 heavy (non-hydrogen) atoms. The van der Waals surface area contributed by atoms with Crippen molar-refractivity contribution in [1.29, 1.82) is 0 Å². The second-order valence-electron chi connectivity index (χ2n) is 6.01. The van der Waals surface area contributed by atoms with Crippen molar-refractivity contribution in [3.63, 3.8) is 0 Å². The van der Waals surface area contributed by atoms with E-state index in [-0.39, 0.29) is 11.2 Å². The molecule has 0 aliphatic heterocycles. The van der Waals surface area contributed by atoms with Crippen LogP contribution in [0.25, 0.3) is 16.5 Å². The standard InChI is InChI=1S/C15H19FN2/c1-10(2)14-12-8-11(16)6-7-13(12)18(17-14)9-15(3,4)5/h6-8H,1,9H2,2-5H3. The van der Waals surface area contributed by atoms with Crippen LogP contribution in [0, 0.1) is 11.2 Å². The summed E-state index contributed by atoms with van der Waals surface area (Å²) in [6, 6.07) is 4.80. The summed E-state index contributed by atoms with van der Waals surface area (Å²) in [5.74, 6) is -0.236. The second kappa shape index (κ2) is 4.23. The molecule has 0 fully saturated rings. The maximum atomic E-state index is 13.4. The first-order chi connectivity index (χ1) is 8.28. The molecule has 3 heteroatoms. The minimum absolute atomic E-state index is 0.125. The lowest BCUT2D eigenvalue weighted by Crippen LogP contribution is -2.16. The molecule has 2 nitrogen and oxygen atoms in total. The Hall–Kier alpha value is -1.64. The van der Waals surface area contributed by atoms with Crippen LogP contribution in [0.5, 0.6) is 0 Å². The summed E-state index contributed by atoms with van der Waals surface area (Å²) >= 11 is 0. The first-order valence-corrected chi connectivity index (χ1v) is 6.10. The van der Waals surface area contributed by atoms with Crippen molar-refractivity contribution < 1.29 is 4.39 Å². The minimum Gasteiger partial charge on any atom is -0.264 e. The third kappa shape index (κ3) is 2.45. The predicted molar refractivity (Wildman–Crippen MR) is 73.9 cm³/mol. The molecule has 0 saturated heterocycles. The predicted octanol–water partition coefficient (Wildman–Crippen LogP) is 4.25. The van der Waals surface area contributed by atoms with Crippen LogP contribution in [0.15, 0.2) is 24.8 Å². The third-order valence-electron chi connectivity index (χ3n) is 2.74. The lowest BCUT2D eigenvalue weighted by molar-refractivity contribution is 0.331. The largest absolute Gasteiger partial charge is 0.264 e. The molecule has 0 bridgehead atoms. The molecule has 0 atom stereocenters. The third-order valence-corrected chi connectivity index (χ3v) is 2.74. The number of allylic oxidation sites excluding steroid dienone is 1. The number of benzene rings is 1. The first-order valence-electron chi connectivity index (χ1n) is 6.10. The smallest absolute Gasteiger partial charge is 0.124 e. The Morgan fingerprint density at radius 3 is 2.61 bits per heavy atom. The summed E-state index contributed by atoms with van der Waals surface area (Å²) in [7, 11) is 0. The number of aromatic nitrogens is 2. The highest BCUT2D eigenvalue weighted by Crippen LogP contribution is 2.27. The number of fused-ring (bicyclic) bond motifs is 1. The average Bonchev–Trinajstić information content (AvgIpc) is 2.54. The normalized spacial score (nSPS) is 12.1. The van der Waals surface area contributed by atoms with E-state index >= 15 is 0 Å². The van der Waals surface area contributed by atoms with E-state index in [4.69, 9.17) is 0 Å². The van der Waals surface area contributed by atoms with Gasteiger partial charge in [0.25, 0.3) is 0 Å². The Kier molecular flexibility index (Phi) is 3.01. The fourth-order valence-electron chi connectivity index (χ4n) is 2.04. The van der Waals surface area contributed by atoms with Gasteiger partial charge in [-0.15, -0.1) is 0 Å². The SMILES string of the molecule is C=C(C)c1nn(CC(C)(C)C)c2ccc(F)cc12. The van der Waals surface area contributed by atoms with E-state index < -0.39 is 0 Å². The van der Waals surface area contributed by atoms with Crippen LogP contribution in [-0.4, -0.2) is 9.78 Å². The van der Waals surface area contributed by atoms with Gasteiger partial charge in [0.05, 0.1) is 11.2 Å². The van der Waals surface area contributed by atoms with Crippen LogP contribution in [0.3, 0.4) is 0 Å². The monoisotopic (exact) mass is 246 g/mol. The highest BCUT2D eigenvalue weighted by molar-refractivity contribution is 5.89. The molecule has 0 saturated carbocycles. The Morgan fingerprint density at radius 2 is 2.06 bits per heavy atom. The zero-order valence-electron chi connectivity index (χ0n) is 11.4. The van der Waals surface area contributed by atoms with Crippen molar-refractivity contribution in [2.45, 2.75) is 34.2 Å². The Morgan fingerprint density at radius 1 is 1.39 bits per heavy atom. The summed E-state index contributed by atoms with van der Waals surface area (Å²) in [4.78, 5) is 0. The molecule has 1 heterocycles. The number of nitrogens with zero attached hydrogens (tertiary/aromatic N) is 2. The zero-order chi connectivity index (χ0) is 13.5. The van der Waals surface area contributed by atoms with E-state index in [0.29, 0.717) is 0 Å². The van der Waals surface area contributed by atoms with Gasteiger partial charge < -0.3 is 0 Å². The van der Waals surface area contributed by atoms with E-state index in [1.54, 1.807) is 6.07 Å². The molecule has 0 N–H and O–H groups in total. The molecule has 0 amide bonds. The highest BCUT2D eigenvalue weighted by atomic mass is 19.1. The molecule has 0 aliphatic rings. The lowest BCUT2D eigenvalue weighted by Gasteiger charge is -2.18. The van der Waals surface area contributed by atoms with Gasteiger partial charge in [-0.3, -0.25) is 4.68 Å². The first kappa shape index (κ1) is 12.8. The van der Waals surface area contributed by atoms with Crippen LogP contribution < -0.4 is 0 Å². The van der Waals surface area contributed by atoms with Gasteiger partial charge >= 0.3 is 0 Å². The number of hydrogen-bond acceptors (Lipinski definition) is 1. The molecule has 0 spiro atoms. The van der Waals surface area contributed by atoms with Crippen LogP contribution in [0.4, 0.5) is 4.39 Å². The fraction of sp³-hybridized carbons (Fsp3) is 0.400. The summed E-state index contributed by atoms with van der Waals surface area (Å²) in [6.07, 6.45) is 0. The average molecular weight is 246 g/mol. The summed E-state index contributed by atoms with van der Waals surface area (Å²) in [5, 5.41) is 5.41. The Balaban J connectivity index is 2.65.